The predicted octanol–water partition coefficient (Wildman–Crippen LogP) is 2.65. The van der Waals surface area contributed by atoms with Crippen molar-refractivity contribution in [2.45, 2.75) is 26.4 Å². The number of anilines is 1. The lowest BCUT2D eigenvalue weighted by molar-refractivity contribution is 0.383. The number of aryl methyl sites for hydroxylation is 1. The minimum Gasteiger partial charge on any atom is -0.359 e. The average molecular weight is 269 g/mol. The van der Waals surface area contributed by atoms with Crippen molar-refractivity contribution in [2.24, 2.45) is 0 Å². The van der Waals surface area contributed by atoms with Crippen LogP contribution in [-0.2, 0) is 6.42 Å². The highest BCUT2D eigenvalue weighted by Gasteiger charge is 2.25. The van der Waals surface area contributed by atoms with E-state index < -0.39 is 6.98 Å². The number of hydrogen-bond donors (Lipinski definition) is 0. The molecule has 2 aliphatic rings. The van der Waals surface area contributed by atoms with Gasteiger partial charge in [0, 0.05) is 48.0 Å². The van der Waals surface area contributed by atoms with Gasteiger partial charge in [-0.1, -0.05) is 0 Å². The quantitative estimate of drug-likeness (QED) is 0.679. The molecule has 3 heterocycles. The molecule has 0 unspecified atom stereocenters. The van der Waals surface area contributed by atoms with Gasteiger partial charge in [0.15, 0.2) is 0 Å². The first-order valence-electron chi connectivity index (χ1n) is 8.27. The second-order valence-electron chi connectivity index (χ2n) is 5.40. The lowest BCUT2D eigenvalue weighted by Crippen LogP contribution is -2.33. The van der Waals surface area contributed by atoms with E-state index >= 15 is 0 Å². The van der Waals surface area contributed by atoms with Gasteiger partial charge in [0.05, 0.1) is 5.69 Å². The summed E-state index contributed by atoms with van der Waals surface area (Å²) in [6.45, 7) is 1.84. The summed E-state index contributed by atoms with van der Waals surface area (Å²) in [6, 6.07) is 4.31. The zero-order valence-electron chi connectivity index (χ0n) is 14.5. The summed E-state index contributed by atoms with van der Waals surface area (Å²) < 4.78 is 25.0. The third-order valence-electron chi connectivity index (χ3n) is 4.19. The second-order valence-corrected chi connectivity index (χ2v) is 5.40. The van der Waals surface area contributed by atoms with Crippen LogP contribution in [0.25, 0.3) is 5.69 Å². The standard InChI is InChI=1S/C16H18N4/c1-11-8-15-13(10-16-17-4-5-20(15)16)9-14(11)19-7-6-18(3)12(19)2/h4-9,12H,10H2,1-3H3/t12-/m0/s1/i3D3. The Balaban J connectivity index is 1.72. The van der Waals surface area contributed by atoms with Crippen LogP contribution in [-0.4, -0.2) is 27.6 Å². The fourth-order valence-electron chi connectivity index (χ4n) is 3.03. The Labute approximate surface area is 123 Å². The lowest BCUT2D eigenvalue weighted by Gasteiger charge is -2.28. The molecule has 1 aromatic carbocycles. The number of hydrogen-bond acceptors (Lipinski definition) is 3. The highest BCUT2D eigenvalue weighted by atomic mass is 15.4. The Morgan fingerprint density at radius 2 is 2.20 bits per heavy atom. The highest BCUT2D eigenvalue weighted by Crippen LogP contribution is 2.35. The molecule has 2 aromatic rings. The van der Waals surface area contributed by atoms with Crippen molar-refractivity contribution < 1.29 is 4.11 Å². The molecule has 2 aliphatic heterocycles. The summed E-state index contributed by atoms with van der Waals surface area (Å²) in [5.74, 6) is 1.05. The molecule has 0 radical (unpaired) electrons. The molecule has 0 amide bonds. The van der Waals surface area contributed by atoms with E-state index in [0.717, 1.165) is 23.5 Å². The van der Waals surface area contributed by atoms with Crippen molar-refractivity contribution in [1.29, 1.82) is 0 Å². The summed E-state index contributed by atoms with van der Waals surface area (Å²) >= 11 is 0. The average Bonchev–Trinajstić information content (AvgIpc) is 3.12. The molecule has 0 saturated heterocycles. The summed E-state index contributed by atoms with van der Waals surface area (Å²) in [4.78, 5) is 7.80. The molecule has 20 heavy (non-hydrogen) atoms. The molecule has 4 heteroatoms. The van der Waals surface area contributed by atoms with E-state index in [0.29, 0.717) is 0 Å². The lowest BCUT2D eigenvalue weighted by atomic mass is 10.1. The number of benzene rings is 1. The summed E-state index contributed by atoms with van der Waals surface area (Å²) in [5, 5.41) is 0. The molecular weight excluding hydrogens is 248 g/mol. The van der Waals surface area contributed by atoms with Crippen LogP contribution in [0.1, 0.15) is 28.0 Å². The first kappa shape index (κ1) is 8.84. The van der Waals surface area contributed by atoms with Crippen molar-refractivity contribution >= 4 is 5.69 Å². The molecule has 0 saturated carbocycles. The Hall–Kier alpha value is -2.23. The molecule has 0 N–H and O–H groups in total. The molecule has 1 aromatic heterocycles. The van der Waals surface area contributed by atoms with E-state index in [-0.39, 0.29) is 6.17 Å². The maximum Gasteiger partial charge on any atom is 0.117 e. The number of rotatable bonds is 1. The van der Waals surface area contributed by atoms with Crippen LogP contribution in [0, 0.1) is 6.92 Å². The number of aromatic nitrogens is 2. The van der Waals surface area contributed by atoms with Crippen LogP contribution < -0.4 is 4.90 Å². The molecule has 102 valence electrons. The minimum atomic E-state index is -2.13. The molecule has 0 aliphatic carbocycles. The van der Waals surface area contributed by atoms with Gasteiger partial charge >= 0.3 is 0 Å². The van der Waals surface area contributed by atoms with E-state index in [4.69, 9.17) is 4.11 Å². The molecular formula is C16H18N4. The van der Waals surface area contributed by atoms with Crippen LogP contribution in [0.2, 0.25) is 0 Å². The molecule has 0 spiro atoms. The van der Waals surface area contributed by atoms with Crippen LogP contribution in [0.15, 0.2) is 36.9 Å². The summed E-state index contributed by atoms with van der Waals surface area (Å²) in [5.41, 5.74) is 4.56. The monoisotopic (exact) mass is 269 g/mol. The third kappa shape index (κ3) is 1.45. The molecule has 1 atom stereocenters. The fraction of sp³-hybridized carbons (Fsp3) is 0.312. The van der Waals surface area contributed by atoms with Crippen molar-refractivity contribution in [2.75, 3.05) is 11.9 Å². The van der Waals surface area contributed by atoms with E-state index in [9.17, 15) is 0 Å². The van der Waals surface area contributed by atoms with Gasteiger partial charge < -0.3 is 14.4 Å². The van der Waals surface area contributed by atoms with Gasteiger partial charge in [-0.3, -0.25) is 0 Å². The SMILES string of the molecule is [2H]C([2H])([2H])N1C=CN(c2cc3c(cc2C)-n2ccnc2C3)[C@H]1C. The zero-order chi connectivity index (χ0) is 16.4. The van der Waals surface area contributed by atoms with Gasteiger partial charge in [-0.2, -0.15) is 0 Å². The van der Waals surface area contributed by atoms with Gasteiger partial charge in [0.2, 0.25) is 0 Å². The van der Waals surface area contributed by atoms with Crippen molar-refractivity contribution in [1.82, 2.24) is 14.5 Å². The maximum absolute atomic E-state index is 7.63. The van der Waals surface area contributed by atoms with Crippen molar-refractivity contribution in [3.05, 3.63) is 53.9 Å². The Morgan fingerprint density at radius 1 is 1.30 bits per heavy atom. The van der Waals surface area contributed by atoms with E-state index in [1.807, 2.05) is 30.4 Å². The van der Waals surface area contributed by atoms with Crippen LogP contribution in [0.4, 0.5) is 5.69 Å². The van der Waals surface area contributed by atoms with Crippen LogP contribution in [0.5, 0.6) is 0 Å². The second kappa shape index (κ2) is 3.88. The number of imidazole rings is 1. The topological polar surface area (TPSA) is 24.3 Å². The van der Waals surface area contributed by atoms with Gasteiger partial charge in [0.25, 0.3) is 0 Å². The first-order valence-corrected chi connectivity index (χ1v) is 6.77. The van der Waals surface area contributed by atoms with Crippen molar-refractivity contribution in [3.8, 4) is 5.69 Å². The minimum absolute atomic E-state index is 0.238. The predicted molar refractivity (Wildman–Crippen MR) is 80.0 cm³/mol. The zero-order valence-corrected chi connectivity index (χ0v) is 11.5. The number of nitrogens with zero attached hydrogens (tertiary/aromatic N) is 4. The Morgan fingerprint density at radius 3 is 3.00 bits per heavy atom. The van der Waals surface area contributed by atoms with Gasteiger partial charge in [-0.05, 0) is 37.1 Å². The third-order valence-corrected chi connectivity index (χ3v) is 4.19. The van der Waals surface area contributed by atoms with Crippen molar-refractivity contribution in [3.63, 3.8) is 0 Å². The summed E-state index contributed by atoms with van der Waals surface area (Å²) in [7, 11) is 0. The molecule has 0 bridgehead atoms. The van der Waals surface area contributed by atoms with E-state index in [1.54, 1.807) is 6.20 Å². The van der Waals surface area contributed by atoms with Gasteiger partial charge in [0.1, 0.15) is 12.0 Å². The van der Waals surface area contributed by atoms with Gasteiger partial charge in [-0.25, -0.2) is 4.98 Å². The first-order chi connectivity index (χ1) is 10.9. The van der Waals surface area contributed by atoms with E-state index in [1.165, 1.54) is 16.2 Å². The largest absolute Gasteiger partial charge is 0.359 e. The Kier molecular flexibility index (Phi) is 1.72. The fourth-order valence-corrected chi connectivity index (χ4v) is 3.03. The molecule has 0 fully saturated rings. The summed E-state index contributed by atoms with van der Waals surface area (Å²) in [6.07, 6.45) is 7.87. The highest BCUT2D eigenvalue weighted by molar-refractivity contribution is 5.65. The van der Waals surface area contributed by atoms with Gasteiger partial charge in [-0.15, -0.1) is 0 Å². The normalized spacial score (nSPS) is 22.5. The van der Waals surface area contributed by atoms with Crippen LogP contribution in [0.3, 0.4) is 0 Å². The molecule has 4 rings (SSSR count). The Bertz CT molecular complexity index is 806. The van der Waals surface area contributed by atoms with Crippen LogP contribution >= 0.6 is 0 Å². The molecule has 4 nitrogen and oxygen atoms in total. The smallest absolute Gasteiger partial charge is 0.117 e. The number of fused-ring (bicyclic) bond motifs is 3. The van der Waals surface area contributed by atoms with E-state index in [2.05, 4.69) is 28.6 Å². The maximum atomic E-state index is 7.63.